The van der Waals surface area contributed by atoms with E-state index in [1.807, 2.05) is 19.1 Å². The van der Waals surface area contributed by atoms with E-state index in [0.717, 1.165) is 10.1 Å². The summed E-state index contributed by atoms with van der Waals surface area (Å²) in [6, 6.07) is 6.89. The molecule has 2 rings (SSSR count). The molecule has 3 heteroatoms. The molecular weight excluding hydrogens is 312 g/mol. The topological polar surface area (TPSA) is 17.1 Å². The molecule has 1 unspecified atom stereocenters. The van der Waals surface area contributed by atoms with Gasteiger partial charge in [-0.1, -0.05) is 47.1 Å². The maximum atomic E-state index is 12.4. The van der Waals surface area contributed by atoms with Gasteiger partial charge < -0.3 is 0 Å². The quantitative estimate of drug-likeness (QED) is 0.705. The molecule has 0 saturated heterocycles. The molecule has 18 heavy (non-hydrogen) atoms. The molecule has 0 spiro atoms. The van der Waals surface area contributed by atoms with Gasteiger partial charge in [0, 0.05) is 20.6 Å². The Morgan fingerprint density at radius 1 is 1.33 bits per heavy atom. The van der Waals surface area contributed by atoms with E-state index < -0.39 is 0 Å². The molecular formula is C15H12BrClO. The number of halogens is 2. The Kier molecular flexibility index (Phi) is 3.88. The van der Waals surface area contributed by atoms with Crippen molar-refractivity contribution in [2.45, 2.75) is 6.92 Å². The van der Waals surface area contributed by atoms with Crippen molar-refractivity contribution in [2.75, 3.05) is 0 Å². The predicted octanol–water partition coefficient (Wildman–Crippen LogP) is 4.93. The van der Waals surface area contributed by atoms with Gasteiger partial charge in [0.2, 0.25) is 0 Å². The number of ketones is 1. The van der Waals surface area contributed by atoms with E-state index in [9.17, 15) is 4.79 Å². The number of hydrogen-bond donors (Lipinski definition) is 0. The molecule has 1 aromatic rings. The normalized spacial score (nSPS) is 19.3. The minimum atomic E-state index is -0.0251. The highest BCUT2D eigenvalue weighted by atomic mass is 79.9. The lowest BCUT2D eigenvalue weighted by atomic mass is 9.90. The third-order valence-electron chi connectivity index (χ3n) is 2.92. The summed E-state index contributed by atoms with van der Waals surface area (Å²) in [5, 5.41) is 0.622. The third-order valence-corrected chi connectivity index (χ3v) is 3.86. The zero-order valence-corrected chi connectivity index (χ0v) is 12.3. The number of rotatable bonds is 2. The number of hydrogen-bond acceptors (Lipinski definition) is 1. The van der Waals surface area contributed by atoms with Gasteiger partial charge in [-0.3, -0.25) is 4.79 Å². The van der Waals surface area contributed by atoms with Crippen LogP contribution >= 0.6 is 27.5 Å². The molecule has 0 amide bonds. The average Bonchev–Trinajstić information content (AvgIpc) is 2.34. The fourth-order valence-corrected chi connectivity index (χ4v) is 2.55. The van der Waals surface area contributed by atoms with Crippen LogP contribution in [0.3, 0.4) is 0 Å². The molecule has 0 radical (unpaired) electrons. The molecule has 1 aliphatic rings. The Bertz CT molecular complexity index is 567. The van der Waals surface area contributed by atoms with Crippen LogP contribution in [0.4, 0.5) is 0 Å². The summed E-state index contributed by atoms with van der Waals surface area (Å²) in [7, 11) is 0. The second kappa shape index (κ2) is 5.25. The van der Waals surface area contributed by atoms with Crippen LogP contribution in [0.25, 0.3) is 0 Å². The van der Waals surface area contributed by atoms with Gasteiger partial charge in [-0.25, -0.2) is 0 Å². The number of allylic oxidation sites excluding steroid dienone is 5. The average molecular weight is 324 g/mol. The molecule has 0 aromatic heterocycles. The lowest BCUT2D eigenvalue weighted by Crippen LogP contribution is -2.09. The Hall–Kier alpha value is -1.12. The van der Waals surface area contributed by atoms with Crippen molar-refractivity contribution < 1.29 is 4.79 Å². The Morgan fingerprint density at radius 3 is 2.56 bits per heavy atom. The predicted molar refractivity (Wildman–Crippen MR) is 79.2 cm³/mol. The number of benzene rings is 1. The number of carbonyl (C=O) groups is 1. The summed E-state index contributed by atoms with van der Waals surface area (Å²) in [5.74, 6) is 0.226. The Balaban J connectivity index is 2.35. The van der Waals surface area contributed by atoms with Crippen LogP contribution in [-0.2, 0) is 0 Å². The second-order valence-corrected chi connectivity index (χ2v) is 5.56. The summed E-state index contributed by atoms with van der Waals surface area (Å²) >= 11 is 9.25. The van der Waals surface area contributed by atoms with Crippen molar-refractivity contribution in [2.24, 2.45) is 5.92 Å². The highest BCUT2D eigenvalue weighted by Gasteiger charge is 2.20. The van der Waals surface area contributed by atoms with Crippen LogP contribution in [0, 0.1) is 5.92 Å². The van der Waals surface area contributed by atoms with Gasteiger partial charge in [-0.15, -0.1) is 0 Å². The highest BCUT2D eigenvalue weighted by molar-refractivity contribution is 9.12. The van der Waals surface area contributed by atoms with Gasteiger partial charge in [-0.05, 0) is 41.8 Å². The molecule has 1 nitrogen and oxygen atoms in total. The van der Waals surface area contributed by atoms with E-state index in [0.29, 0.717) is 16.2 Å². The van der Waals surface area contributed by atoms with Gasteiger partial charge in [0.05, 0.1) is 0 Å². The second-order valence-electron chi connectivity index (χ2n) is 4.27. The van der Waals surface area contributed by atoms with Crippen molar-refractivity contribution in [1.29, 1.82) is 0 Å². The van der Waals surface area contributed by atoms with Crippen molar-refractivity contribution in [3.05, 3.63) is 69.2 Å². The van der Waals surface area contributed by atoms with Gasteiger partial charge in [0.15, 0.2) is 5.78 Å². The van der Waals surface area contributed by atoms with Crippen LogP contribution < -0.4 is 0 Å². The molecule has 1 atom stereocenters. The standard InChI is InChI=1S/C15H12BrClO/c1-9-7-13(14(16)8-10(9)2)15(18)11-3-5-12(17)6-4-11/h3-8,10H,1H2,2H3. The fraction of sp³-hybridized carbons (Fsp3) is 0.133. The maximum Gasteiger partial charge on any atom is 0.194 e. The fourth-order valence-electron chi connectivity index (χ4n) is 1.73. The van der Waals surface area contributed by atoms with E-state index in [-0.39, 0.29) is 11.7 Å². The summed E-state index contributed by atoms with van der Waals surface area (Å²) in [6.07, 6.45) is 3.83. The van der Waals surface area contributed by atoms with Crippen LogP contribution in [0.15, 0.2) is 58.6 Å². The summed E-state index contributed by atoms with van der Waals surface area (Å²) < 4.78 is 0.822. The lowest BCUT2D eigenvalue weighted by Gasteiger charge is -2.17. The van der Waals surface area contributed by atoms with E-state index in [2.05, 4.69) is 22.5 Å². The minimum Gasteiger partial charge on any atom is -0.289 e. The Morgan fingerprint density at radius 2 is 1.94 bits per heavy atom. The van der Waals surface area contributed by atoms with E-state index in [4.69, 9.17) is 11.6 Å². The van der Waals surface area contributed by atoms with Crippen LogP contribution in [0.1, 0.15) is 17.3 Å². The lowest BCUT2D eigenvalue weighted by molar-refractivity contribution is 0.103. The highest BCUT2D eigenvalue weighted by Crippen LogP contribution is 2.31. The minimum absolute atomic E-state index is 0.0251. The van der Waals surface area contributed by atoms with Gasteiger partial charge in [-0.2, -0.15) is 0 Å². The molecule has 0 N–H and O–H groups in total. The monoisotopic (exact) mass is 322 g/mol. The first-order valence-corrected chi connectivity index (χ1v) is 6.74. The molecule has 0 fully saturated rings. The first-order valence-electron chi connectivity index (χ1n) is 5.57. The van der Waals surface area contributed by atoms with Crippen molar-refractivity contribution in [3.8, 4) is 0 Å². The molecule has 92 valence electrons. The van der Waals surface area contributed by atoms with Crippen molar-refractivity contribution >= 4 is 33.3 Å². The molecule has 0 heterocycles. The third kappa shape index (κ3) is 2.65. The van der Waals surface area contributed by atoms with Gasteiger partial charge in [0.1, 0.15) is 0 Å². The smallest absolute Gasteiger partial charge is 0.194 e. The summed E-state index contributed by atoms with van der Waals surface area (Å²) in [5.41, 5.74) is 2.20. The summed E-state index contributed by atoms with van der Waals surface area (Å²) in [6.45, 7) is 6.00. The first kappa shape index (κ1) is 13.3. The molecule has 1 aliphatic carbocycles. The molecule has 0 aliphatic heterocycles. The SMILES string of the molecule is C=C1C=C(C(=O)c2ccc(Cl)cc2)C(Br)=CC1C. The van der Waals surface area contributed by atoms with Crippen molar-refractivity contribution in [1.82, 2.24) is 0 Å². The van der Waals surface area contributed by atoms with Crippen molar-refractivity contribution in [3.63, 3.8) is 0 Å². The van der Waals surface area contributed by atoms with E-state index in [1.165, 1.54) is 0 Å². The zero-order valence-electron chi connectivity index (χ0n) is 9.91. The maximum absolute atomic E-state index is 12.4. The van der Waals surface area contributed by atoms with Crippen LogP contribution in [0.5, 0.6) is 0 Å². The van der Waals surface area contributed by atoms with Crippen LogP contribution in [0.2, 0.25) is 5.02 Å². The van der Waals surface area contributed by atoms with Gasteiger partial charge >= 0.3 is 0 Å². The van der Waals surface area contributed by atoms with Crippen LogP contribution in [-0.4, -0.2) is 5.78 Å². The molecule has 0 bridgehead atoms. The van der Waals surface area contributed by atoms with E-state index >= 15 is 0 Å². The van der Waals surface area contributed by atoms with Gasteiger partial charge in [0.25, 0.3) is 0 Å². The number of Topliss-reactive ketones (excluding diaryl/α,β-unsaturated/α-hetero) is 1. The summed E-state index contributed by atoms with van der Waals surface area (Å²) in [4.78, 5) is 12.4. The largest absolute Gasteiger partial charge is 0.289 e. The zero-order chi connectivity index (χ0) is 13.3. The Labute approximate surface area is 120 Å². The number of carbonyl (C=O) groups excluding carboxylic acids is 1. The molecule has 0 saturated carbocycles. The van der Waals surface area contributed by atoms with E-state index in [1.54, 1.807) is 24.3 Å². The first-order chi connectivity index (χ1) is 8.49. The molecule has 1 aromatic carbocycles.